The van der Waals surface area contributed by atoms with Crippen molar-refractivity contribution in [3.8, 4) is 11.1 Å². The predicted molar refractivity (Wildman–Crippen MR) is 122 cm³/mol. The van der Waals surface area contributed by atoms with Crippen molar-refractivity contribution in [3.05, 3.63) is 95.6 Å². The molecule has 3 aromatic carbocycles. The van der Waals surface area contributed by atoms with Gasteiger partial charge in [0.1, 0.15) is 6.10 Å². The molecular formula is C27H29NO2. The first-order valence-electron chi connectivity index (χ1n) is 10.9. The first kappa shape index (κ1) is 20.4. The zero-order chi connectivity index (χ0) is 20.8. The van der Waals surface area contributed by atoms with Crippen LogP contribution in [0.2, 0.25) is 0 Å². The number of carbonyl (C=O) groups excluding carboxylic acids is 1. The minimum Gasteiger partial charge on any atom is -0.457 e. The van der Waals surface area contributed by atoms with E-state index in [0.717, 1.165) is 36.9 Å². The third-order valence-electron chi connectivity index (χ3n) is 5.86. The summed E-state index contributed by atoms with van der Waals surface area (Å²) in [6, 6.07) is 26.7. The lowest BCUT2D eigenvalue weighted by molar-refractivity contribution is 0.0182. The lowest BCUT2D eigenvalue weighted by Gasteiger charge is -2.32. The Morgan fingerprint density at radius 2 is 1.60 bits per heavy atom. The number of nitrogens with one attached hydrogen (secondary N) is 1. The van der Waals surface area contributed by atoms with Crippen LogP contribution in [0.4, 0.5) is 0 Å². The van der Waals surface area contributed by atoms with Gasteiger partial charge in [-0.05, 0) is 53.8 Å². The number of piperidine rings is 1. The van der Waals surface area contributed by atoms with Gasteiger partial charge in [0.05, 0.1) is 5.56 Å². The maximum atomic E-state index is 12.8. The maximum Gasteiger partial charge on any atom is 0.338 e. The highest BCUT2D eigenvalue weighted by Gasteiger charge is 2.29. The van der Waals surface area contributed by atoms with Gasteiger partial charge < -0.3 is 10.1 Å². The Kier molecular flexibility index (Phi) is 6.60. The highest BCUT2D eigenvalue weighted by atomic mass is 16.5. The number of rotatable bonds is 6. The molecule has 0 bridgehead atoms. The monoisotopic (exact) mass is 399 g/mol. The molecule has 154 valence electrons. The van der Waals surface area contributed by atoms with Crippen molar-refractivity contribution in [1.29, 1.82) is 0 Å². The van der Waals surface area contributed by atoms with Crippen LogP contribution in [0.15, 0.2) is 78.9 Å². The SMILES string of the molecule is CCCc1ccc(-c2ccc(C(=O)O[C@@H]3CNCC[C@H]3c3ccccc3)cc2)cc1. The number of hydrogen-bond donors (Lipinski definition) is 1. The van der Waals surface area contributed by atoms with Crippen LogP contribution in [-0.2, 0) is 11.2 Å². The Morgan fingerprint density at radius 1 is 0.933 bits per heavy atom. The molecule has 2 atom stereocenters. The van der Waals surface area contributed by atoms with Crippen LogP contribution in [0, 0.1) is 0 Å². The van der Waals surface area contributed by atoms with Crippen LogP contribution < -0.4 is 5.32 Å². The van der Waals surface area contributed by atoms with E-state index in [0.29, 0.717) is 12.1 Å². The molecule has 30 heavy (non-hydrogen) atoms. The van der Waals surface area contributed by atoms with Crippen LogP contribution in [0.1, 0.15) is 47.2 Å². The van der Waals surface area contributed by atoms with Crippen molar-refractivity contribution in [2.45, 2.75) is 38.2 Å². The predicted octanol–water partition coefficient (Wildman–Crippen LogP) is 5.61. The molecule has 1 saturated heterocycles. The smallest absolute Gasteiger partial charge is 0.338 e. The first-order chi connectivity index (χ1) is 14.7. The van der Waals surface area contributed by atoms with E-state index in [2.05, 4.69) is 48.6 Å². The molecule has 1 heterocycles. The lowest BCUT2D eigenvalue weighted by atomic mass is 9.88. The number of benzene rings is 3. The van der Waals surface area contributed by atoms with Gasteiger partial charge in [-0.2, -0.15) is 0 Å². The maximum absolute atomic E-state index is 12.8. The van der Waals surface area contributed by atoms with Crippen molar-refractivity contribution < 1.29 is 9.53 Å². The summed E-state index contributed by atoms with van der Waals surface area (Å²) >= 11 is 0. The van der Waals surface area contributed by atoms with Crippen LogP contribution in [0.5, 0.6) is 0 Å². The van der Waals surface area contributed by atoms with Crippen LogP contribution in [0.25, 0.3) is 11.1 Å². The minimum absolute atomic E-state index is 0.153. The van der Waals surface area contributed by atoms with Gasteiger partial charge in [0.2, 0.25) is 0 Å². The fourth-order valence-corrected chi connectivity index (χ4v) is 4.19. The molecule has 0 spiro atoms. The van der Waals surface area contributed by atoms with Gasteiger partial charge >= 0.3 is 5.97 Å². The van der Waals surface area contributed by atoms with Crippen molar-refractivity contribution in [2.24, 2.45) is 0 Å². The topological polar surface area (TPSA) is 38.3 Å². The second kappa shape index (κ2) is 9.73. The third kappa shape index (κ3) is 4.80. The summed E-state index contributed by atoms with van der Waals surface area (Å²) in [7, 11) is 0. The van der Waals surface area contributed by atoms with E-state index in [1.807, 2.05) is 42.5 Å². The minimum atomic E-state index is -0.255. The Balaban J connectivity index is 1.44. The van der Waals surface area contributed by atoms with E-state index < -0.39 is 0 Å². The summed E-state index contributed by atoms with van der Waals surface area (Å²) in [5.74, 6) is -0.0215. The summed E-state index contributed by atoms with van der Waals surface area (Å²) in [4.78, 5) is 12.8. The van der Waals surface area contributed by atoms with Gasteiger partial charge in [-0.1, -0.05) is 80.1 Å². The molecule has 0 aliphatic carbocycles. The van der Waals surface area contributed by atoms with Crippen molar-refractivity contribution in [2.75, 3.05) is 13.1 Å². The van der Waals surface area contributed by atoms with E-state index in [4.69, 9.17) is 4.74 Å². The Bertz CT molecular complexity index is 948. The number of aryl methyl sites for hydroxylation is 1. The molecule has 1 fully saturated rings. The van der Waals surface area contributed by atoms with Gasteiger partial charge in [-0.3, -0.25) is 0 Å². The Hall–Kier alpha value is -2.91. The lowest BCUT2D eigenvalue weighted by Crippen LogP contribution is -2.42. The molecule has 0 radical (unpaired) electrons. The normalized spacial score (nSPS) is 18.7. The molecule has 0 amide bonds. The van der Waals surface area contributed by atoms with Gasteiger partial charge in [-0.25, -0.2) is 4.79 Å². The fourth-order valence-electron chi connectivity index (χ4n) is 4.19. The van der Waals surface area contributed by atoms with E-state index in [1.54, 1.807) is 0 Å². The van der Waals surface area contributed by atoms with E-state index >= 15 is 0 Å². The summed E-state index contributed by atoms with van der Waals surface area (Å²) in [5.41, 5.74) is 5.46. The van der Waals surface area contributed by atoms with Crippen LogP contribution >= 0.6 is 0 Å². The molecule has 1 aliphatic rings. The van der Waals surface area contributed by atoms with Gasteiger partial charge in [0.25, 0.3) is 0 Å². The second-order valence-corrected chi connectivity index (χ2v) is 7.98. The van der Waals surface area contributed by atoms with Crippen molar-refractivity contribution in [1.82, 2.24) is 5.32 Å². The zero-order valence-corrected chi connectivity index (χ0v) is 17.5. The number of esters is 1. The second-order valence-electron chi connectivity index (χ2n) is 7.98. The molecule has 3 aromatic rings. The zero-order valence-electron chi connectivity index (χ0n) is 17.5. The largest absolute Gasteiger partial charge is 0.457 e. The molecule has 0 unspecified atom stereocenters. The molecule has 1 N–H and O–H groups in total. The molecule has 1 aliphatic heterocycles. The average Bonchev–Trinajstić information content (AvgIpc) is 2.81. The standard InChI is InChI=1S/C27H29NO2/c1-2-6-20-9-11-21(12-10-20)22-13-15-24(16-14-22)27(29)30-26-19-28-18-17-25(26)23-7-4-3-5-8-23/h3-5,7-16,25-26,28H,2,6,17-19H2,1H3/t25-,26+/m0/s1. The number of ether oxygens (including phenoxy) is 1. The Labute approximate surface area is 179 Å². The molecule has 0 aromatic heterocycles. The van der Waals surface area contributed by atoms with Gasteiger partial charge in [0.15, 0.2) is 0 Å². The van der Waals surface area contributed by atoms with Crippen molar-refractivity contribution >= 4 is 5.97 Å². The van der Waals surface area contributed by atoms with Crippen molar-refractivity contribution in [3.63, 3.8) is 0 Å². The molecule has 4 rings (SSSR count). The van der Waals surface area contributed by atoms with Gasteiger partial charge in [0, 0.05) is 12.5 Å². The molecule has 3 heteroatoms. The third-order valence-corrected chi connectivity index (χ3v) is 5.86. The molecular weight excluding hydrogens is 370 g/mol. The molecule has 0 saturated carbocycles. The first-order valence-corrected chi connectivity index (χ1v) is 10.9. The van der Waals surface area contributed by atoms with Crippen LogP contribution in [0.3, 0.4) is 0 Å². The van der Waals surface area contributed by atoms with Crippen LogP contribution in [-0.4, -0.2) is 25.2 Å². The van der Waals surface area contributed by atoms with Gasteiger partial charge in [-0.15, -0.1) is 0 Å². The Morgan fingerprint density at radius 3 is 2.27 bits per heavy atom. The number of hydrogen-bond acceptors (Lipinski definition) is 3. The summed E-state index contributed by atoms with van der Waals surface area (Å²) in [6.07, 6.45) is 3.07. The summed E-state index contributed by atoms with van der Waals surface area (Å²) < 4.78 is 5.93. The molecule has 3 nitrogen and oxygen atoms in total. The number of carbonyl (C=O) groups is 1. The summed E-state index contributed by atoms with van der Waals surface area (Å²) in [5, 5.41) is 3.36. The highest BCUT2D eigenvalue weighted by Crippen LogP contribution is 2.28. The highest BCUT2D eigenvalue weighted by molar-refractivity contribution is 5.90. The quantitative estimate of drug-likeness (QED) is 0.548. The van der Waals surface area contributed by atoms with E-state index in [9.17, 15) is 4.79 Å². The average molecular weight is 400 g/mol. The summed E-state index contributed by atoms with van der Waals surface area (Å²) in [6.45, 7) is 3.82. The fraction of sp³-hybridized carbons (Fsp3) is 0.296. The van der Waals surface area contributed by atoms with E-state index in [1.165, 1.54) is 11.1 Å². The van der Waals surface area contributed by atoms with E-state index in [-0.39, 0.29) is 18.0 Å².